The highest BCUT2D eigenvalue weighted by molar-refractivity contribution is 5.88. The molecule has 1 saturated heterocycles. The molecular formula is C24H25N5O2. The number of fused-ring (bicyclic) bond motifs is 1. The fourth-order valence-electron chi connectivity index (χ4n) is 3.91. The van der Waals surface area contributed by atoms with Gasteiger partial charge in [0.1, 0.15) is 5.69 Å². The van der Waals surface area contributed by atoms with Gasteiger partial charge < -0.3 is 15.0 Å². The van der Waals surface area contributed by atoms with Gasteiger partial charge in [0.15, 0.2) is 11.7 Å². The van der Waals surface area contributed by atoms with Crippen LogP contribution in [0.25, 0.3) is 11.0 Å². The van der Waals surface area contributed by atoms with E-state index in [0.717, 1.165) is 11.1 Å². The molecule has 0 radical (unpaired) electrons. The van der Waals surface area contributed by atoms with E-state index in [4.69, 9.17) is 14.7 Å². The maximum absolute atomic E-state index is 13.0. The molecule has 3 aromatic rings. The van der Waals surface area contributed by atoms with Crippen LogP contribution < -0.4 is 10.2 Å². The first-order chi connectivity index (χ1) is 15.0. The molecule has 0 spiro atoms. The minimum atomic E-state index is -1.07. The van der Waals surface area contributed by atoms with Gasteiger partial charge in [0.25, 0.3) is 0 Å². The standard InChI is InChI=1S/C24H25N5O2/c1-16-14-29(15-17(2)31-16)23-22(27-20-10-6-7-11-21(20)28-23)19(12-25)24(30)26-13-18-8-4-3-5-9-18/h3-11,16-17,19H,13-15H2,1-2H3,(H,26,30). The van der Waals surface area contributed by atoms with Crippen molar-refractivity contribution in [2.24, 2.45) is 0 Å². The van der Waals surface area contributed by atoms with E-state index in [1.807, 2.05) is 68.4 Å². The molecule has 0 aliphatic carbocycles. The molecule has 0 saturated carbocycles. The van der Waals surface area contributed by atoms with Crippen molar-refractivity contribution in [1.29, 1.82) is 5.26 Å². The highest BCUT2D eigenvalue weighted by Crippen LogP contribution is 2.29. The first-order valence-corrected chi connectivity index (χ1v) is 10.4. The molecule has 1 amide bonds. The number of nitrogens with one attached hydrogen (secondary N) is 1. The van der Waals surface area contributed by atoms with E-state index in [0.29, 0.717) is 36.7 Å². The lowest BCUT2D eigenvalue weighted by Crippen LogP contribution is -2.46. The normalized spacial score (nSPS) is 19.6. The number of morpholine rings is 1. The minimum Gasteiger partial charge on any atom is -0.372 e. The zero-order valence-corrected chi connectivity index (χ0v) is 17.7. The van der Waals surface area contributed by atoms with Crippen LogP contribution in [-0.4, -0.2) is 41.2 Å². The molecule has 0 bridgehead atoms. The third-order valence-electron chi connectivity index (χ3n) is 5.27. The number of hydrogen-bond donors (Lipinski definition) is 1. The molecule has 1 aliphatic heterocycles. The van der Waals surface area contributed by atoms with Crippen LogP contribution in [0.5, 0.6) is 0 Å². The average Bonchev–Trinajstić information content (AvgIpc) is 2.78. The molecule has 2 aromatic carbocycles. The Morgan fingerprint density at radius 1 is 1.10 bits per heavy atom. The van der Waals surface area contributed by atoms with Gasteiger partial charge in [-0.25, -0.2) is 9.97 Å². The van der Waals surface area contributed by atoms with Crippen molar-refractivity contribution in [2.45, 2.75) is 38.5 Å². The van der Waals surface area contributed by atoms with Crippen LogP contribution in [0.15, 0.2) is 54.6 Å². The molecule has 2 heterocycles. The monoisotopic (exact) mass is 415 g/mol. The number of hydrogen-bond acceptors (Lipinski definition) is 6. The average molecular weight is 415 g/mol. The summed E-state index contributed by atoms with van der Waals surface area (Å²) in [7, 11) is 0. The Labute approximate surface area is 181 Å². The van der Waals surface area contributed by atoms with E-state index >= 15 is 0 Å². The van der Waals surface area contributed by atoms with Crippen LogP contribution in [0.1, 0.15) is 31.0 Å². The number of carbonyl (C=O) groups is 1. The van der Waals surface area contributed by atoms with Gasteiger partial charge in [-0.05, 0) is 31.5 Å². The smallest absolute Gasteiger partial charge is 0.243 e. The summed E-state index contributed by atoms with van der Waals surface area (Å²) in [5, 5.41) is 12.8. The van der Waals surface area contributed by atoms with Crippen LogP contribution in [0.2, 0.25) is 0 Å². The lowest BCUT2D eigenvalue weighted by Gasteiger charge is -2.37. The van der Waals surface area contributed by atoms with Crippen LogP contribution >= 0.6 is 0 Å². The van der Waals surface area contributed by atoms with E-state index in [2.05, 4.69) is 16.3 Å². The van der Waals surface area contributed by atoms with Crippen LogP contribution in [0, 0.1) is 11.3 Å². The van der Waals surface area contributed by atoms with Crippen molar-refractivity contribution in [1.82, 2.24) is 15.3 Å². The van der Waals surface area contributed by atoms with Crippen LogP contribution in [0.3, 0.4) is 0 Å². The van der Waals surface area contributed by atoms with E-state index in [-0.39, 0.29) is 18.1 Å². The van der Waals surface area contributed by atoms with Crippen molar-refractivity contribution < 1.29 is 9.53 Å². The van der Waals surface area contributed by atoms with E-state index < -0.39 is 5.92 Å². The molecular weight excluding hydrogens is 390 g/mol. The zero-order chi connectivity index (χ0) is 21.8. The van der Waals surface area contributed by atoms with Gasteiger partial charge >= 0.3 is 0 Å². The Balaban J connectivity index is 1.69. The number of ether oxygens (including phenoxy) is 1. The maximum atomic E-state index is 13.0. The Morgan fingerprint density at radius 2 is 1.71 bits per heavy atom. The SMILES string of the molecule is CC1CN(c2nc3ccccc3nc2C(C#N)C(=O)NCc2ccccc2)CC(C)O1. The van der Waals surface area contributed by atoms with Crippen molar-refractivity contribution in [2.75, 3.05) is 18.0 Å². The Kier molecular flexibility index (Phi) is 6.10. The molecule has 4 rings (SSSR count). The number of para-hydroxylation sites is 2. The number of amides is 1. The number of nitriles is 1. The molecule has 3 atom stereocenters. The third-order valence-corrected chi connectivity index (χ3v) is 5.27. The predicted octanol–water partition coefficient (Wildman–Crippen LogP) is 3.17. The van der Waals surface area contributed by atoms with E-state index in [1.54, 1.807) is 0 Å². The second kappa shape index (κ2) is 9.11. The molecule has 3 unspecified atom stereocenters. The number of benzene rings is 2. The molecule has 7 heteroatoms. The Morgan fingerprint density at radius 3 is 2.35 bits per heavy atom. The second-order valence-electron chi connectivity index (χ2n) is 7.85. The van der Waals surface area contributed by atoms with Gasteiger partial charge in [-0.1, -0.05) is 42.5 Å². The quantitative estimate of drug-likeness (QED) is 0.688. The predicted molar refractivity (Wildman–Crippen MR) is 118 cm³/mol. The number of carbonyl (C=O) groups excluding carboxylic acids is 1. The van der Waals surface area contributed by atoms with Gasteiger partial charge in [0.2, 0.25) is 5.91 Å². The lowest BCUT2D eigenvalue weighted by atomic mass is 10.0. The summed E-state index contributed by atoms with van der Waals surface area (Å²) in [4.78, 5) is 24.6. The molecule has 1 aromatic heterocycles. The maximum Gasteiger partial charge on any atom is 0.243 e. The fourth-order valence-corrected chi connectivity index (χ4v) is 3.91. The first-order valence-electron chi connectivity index (χ1n) is 10.4. The number of aromatic nitrogens is 2. The highest BCUT2D eigenvalue weighted by atomic mass is 16.5. The molecule has 158 valence electrons. The summed E-state index contributed by atoms with van der Waals surface area (Å²) < 4.78 is 5.85. The number of anilines is 1. The zero-order valence-electron chi connectivity index (χ0n) is 17.7. The molecule has 7 nitrogen and oxygen atoms in total. The molecule has 1 N–H and O–H groups in total. The highest BCUT2D eigenvalue weighted by Gasteiger charge is 2.31. The Hall–Kier alpha value is -3.50. The van der Waals surface area contributed by atoms with E-state index in [9.17, 15) is 10.1 Å². The summed E-state index contributed by atoms with van der Waals surface area (Å²) >= 11 is 0. The Bertz CT molecular complexity index is 1100. The third kappa shape index (κ3) is 4.65. The molecule has 1 fully saturated rings. The van der Waals surface area contributed by atoms with Crippen LogP contribution in [-0.2, 0) is 16.1 Å². The number of nitrogens with zero attached hydrogens (tertiary/aromatic N) is 4. The van der Waals surface area contributed by atoms with Crippen molar-refractivity contribution >= 4 is 22.8 Å². The summed E-state index contributed by atoms with van der Waals surface area (Å²) in [5.74, 6) is -0.877. The lowest BCUT2D eigenvalue weighted by molar-refractivity contribution is -0.121. The topological polar surface area (TPSA) is 91.1 Å². The first kappa shape index (κ1) is 20.8. The van der Waals surface area contributed by atoms with Crippen LogP contribution in [0.4, 0.5) is 5.82 Å². The molecule has 1 aliphatic rings. The van der Waals surface area contributed by atoms with E-state index in [1.165, 1.54) is 0 Å². The summed E-state index contributed by atoms with van der Waals surface area (Å²) in [6, 6.07) is 19.3. The largest absolute Gasteiger partial charge is 0.372 e. The summed E-state index contributed by atoms with van der Waals surface area (Å²) in [6.07, 6.45) is 0.0228. The summed E-state index contributed by atoms with van der Waals surface area (Å²) in [5.41, 5.74) is 2.74. The second-order valence-corrected chi connectivity index (χ2v) is 7.85. The number of rotatable bonds is 5. The van der Waals surface area contributed by atoms with Gasteiger partial charge in [-0.3, -0.25) is 4.79 Å². The van der Waals surface area contributed by atoms with Crippen molar-refractivity contribution in [3.8, 4) is 6.07 Å². The minimum absolute atomic E-state index is 0.0114. The summed E-state index contributed by atoms with van der Waals surface area (Å²) in [6.45, 7) is 5.60. The molecule has 31 heavy (non-hydrogen) atoms. The van der Waals surface area contributed by atoms with Crippen molar-refractivity contribution in [3.63, 3.8) is 0 Å². The van der Waals surface area contributed by atoms with Gasteiger partial charge in [0.05, 0.1) is 29.3 Å². The fraction of sp³-hybridized carbons (Fsp3) is 0.333. The van der Waals surface area contributed by atoms with Gasteiger partial charge in [-0.15, -0.1) is 0 Å². The van der Waals surface area contributed by atoms with Gasteiger partial charge in [-0.2, -0.15) is 5.26 Å². The van der Waals surface area contributed by atoms with Crippen molar-refractivity contribution in [3.05, 3.63) is 65.9 Å². The van der Waals surface area contributed by atoms with Gasteiger partial charge in [0, 0.05) is 19.6 Å².